The highest BCUT2D eigenvalue weighted by molar-refractivity contribution is 9.10. The van der Waals surface area contributed by atoms with Crippen LogP contribution >= 0.6 is 27.5 Å². The van der Waals surface area contributed by atoms with Gasteiger partial charge in [0.1, 0.15) is 6.33 Å². The van der Waals surface area contributed by atoms with Crippen molar-refractivity contribution >= 4 is 27.5 Å². The van der Waals surface area contributed by atoms with Crippen LogP contribution in [0.3, 0.4) is 0 Å². The molecule has 0 saturated carbocycles. The second-order valence-corrected chi connectivity index (χ2v) is 5.22. The highest BCUT2D eigenvalue weighted by Crippen LogP contribution is 2.19. The topological polar surface area (TPSA) is 25.8 Å². The number of aromatic nitrogens is 2. The van der Waals surface area contributed by atoms with Crippen LogP contribution in [0.15, 0.2) is 17.0 Å². The monoisotopic (exact) mass is 276 g/mol. The highest BCUT2D eigenvalue weighted by Gasteiger charge is 2.11. The summed E-state index contributed by atoms with van der Waals surface area (Å²) in [6, 6.07) is 0. The zero-order chi connectivity index (χ0) is 10.6. The van der Waals surface area contributed by atoms with Crippen LogP contribution in [0.1, 0.15) is 26.0 Å². The lowest BCUT2D eigenvalue weighted by atomic mass is 10.0. The molecular weight excluding hydrogens is 263 g/mol. The summed E-state index contributed by atoms with van der Waals surface area (Å²) in [5.41, 5.74) is 0.987. The number of halogens is 2. The fourth-order valence-corrected chi connectivity index (χ4v) is 2.18. The molecule has 0 spiro atoms. The molecule has 1 aromatic heterocycles. The molecule has 2 nitrogen and oxygen atoms in total. The summed E-state index contributed by atoms with van der Waals surface area (Å²) in [4.78, 5) is 8.10. The maximum atomic E-state index is 6.20. The van der Waals surface area contributed by atoms with Gasteiger partial charge in [-0.15, -0.1) is 11.6 Å². The predicted octanol–water partition coefficient (Wildman–Crippen LogP) is 3.44. The molecule has 0 aliphatic carbocycles. The third-order valence-corrected chi connectivity index (χ3v) is 2.88. The molecule has 0 N–H and O–H groups in total. The first-order valence-corrected chi connectivity index (χ1v) is 5.91. The van der Waals surface area contributed by atoms with Gasteiger partial charge in [0.2, 0.25) is 0 Å². The Kier molecular flexibility index (Phi) is 4.82. The number of hydrogen-bond donors (Lipinski definition) is 0. The van der Waals surface area contributed by atoms with E-state index in [9.17, 15) is 0 Å². The van der Waals surface area contributed by atoms with Crippen molar-refractivity contribution in [3.8, 4) is 0 Å². The van der Waals surface area contributed by atoms with Crippen LogP contribution in [0.2, 0.25) is 0 Å². The quantitative estimate of drug-likeness (QED) is 0.788. The van der Waals surface area contributed by atoms with Gasteiger partial charge in [-0.1, -0.05) is 13.8 Å². The summed E-state index contributed by atoms with van der Waals surface area (Å²) in [5, 5.41) is 0.154. The minimum atomic E-state index is 0.154. The first-order chi connectivity index (χ1) is 6.59. The van der Waals surface area contributed by atoms with Gasteiger partial charge < -0.3 is 0 Å². The van der Waals surface area contributed by atoms with E-state index in [2.05, 4.69) is 39.7 Å². The van der Waals surface area contributed by atoms with Gasteiger partial charge in [-0.25, -0.2) is 9.97 Å². The van der Waals surface area contributed by atoms with Crippen molar-refractivity contribution in [2.75, 3.05) is 0 Å². The molecule has 1 atom stereocenters. The lowest BCUT2D eigenvalue weighted by molar-refractivity contribution is 0.558. The minimum Gasteiger partial charge on any atom is -0.244 e. The van der Waals surface area contributed by atoms with E-state index < -0.39 is 0 Å². The Morgan fingerprint density at radius 1 is 1.50 bits per heavy atom. The van der Waals surface area contributed by atoms with Crippen LogP contribution in [0.5, 0.6) is 0 Å². The first-order valence-electron chi connectivity index (χ1n) is 4.68. The van der Waals surface area contributed by atoms with Gasteiger partial charge in [-0.3, -0.25) is 0 Å². The Hall–Kier alpha value is -0.150. The van der Waals surface area contributed by atoms with Crippen LogP contribution in [-0.2, 0) is 6.42 Å². The van der Waals surface area contributed by atoms with Gasteiger partial charge in [0, 0.05) is 18.0 Å². The third kappa shape index (κ3) is 3.93. The standard InChI is InChI=1S/C10H14BrClN2/c1-7(2)3-8(12)4-10-9(11)5-13-6-14-10/h5-8H,3-4H2,1-2H3. The van der Waals surface area contributed by atoms with Crippen molar-refractivity contribution in [2.45, 2.75) is 32.1 Å². The second kappa shape index (κ2) is 5.66. The molecule has 0 aromatic carbocycles. The molecule has 78 valence electrons. The van der Waals surface area contributed by atoms with Gasteiger partial charge in [-0.2, -0.15) is 0 Å². The molecule has 0 amide bonds. The number of hydrogen-bond acceptors (Lipinski definition) is 2. The van der Waals surface area contributed by atoms with Crippen molar-refractivity contribution in [1.29, 1.82) is 0 Å². The van der Waals surface area contributed by atoms with Crippen molar-refractivity contribution in [3.63, 3.8) is 0 Å². The van der Waals surface area contributed by atoms with E-state index in [0.29, 0.717) is 5.92 Å². The molecule has 1 unspecified atom stereocenters. The average Bonchev–Trinajstić information content (AvgIpc) is 2.07. The van der Waals surface area contributed by atoms with E-state index in [1.165, 1.54) is 0 Å². The molecule has 0 radical (unpaired) electrons. The summed E-state index contributed by atoms with van der Waals surface area (Å²) >= 11 is 9.61. The zero-order valence-corrected chi connectivity index (χ0v) is 10.7. The molecule has 0 aliphatic heterocycles. The normalized spacial score (nSPS) is 13.2. The van der Waals surface area contributed by atoms with Crippen LogP contribution in [-0.4, -0.2) is 15.3 Å². The Bertz CT molecular complexity index is 291. The lowest BCUT2D eigenvalue weighted by Crippen LogP contribution is -2.09. The van der Waals surface area contributed by atoms with E-state index in [1.54, 1.807) is 12.5 Å². The maximum Gasteiger partial charge on any atom is 0.115 e. The largest absolute Gasteiger partial charge is 0.244 e. The molecular formula is C10H14BrClN2. The van der Waals surface area contributed by atoms with Crippen LogP contribution in [0, 0.1) is 5.92 Å². The molecule has 4 heteroatoms. The van der Waals surface area contributed by atoms with Crippen LogP contribution in [0.4, 0.5) is 0 Å². The number of nitrogens with zero attached hydrogens (tertiary/aromatic N) is 2. The fourth-order valence-electron chi connectivity index (χ4n) is 1.29. The van der Waals surface area contributed by atoms with Crippen molar-refractivity contribution in [1.82, 2.24) is 9.97 Å². The highest BCUT2D eigenvalue weighted by atomic mass is 79.9. The molecule has 0 bridgehead atoms. The average molecular weight is 278 g/mol. The second-order valence-electron chi connectivity index (χ2n) is 3.75. The van der Waals surface area contributed by atoms with Gasteiger partial charge in [0.25, 0.3) is 0 Å². The van der Waals surface area contributed by atoms with Crippen molar-refractivity contribution < 1.29 is 0 Å². The summed E-state index contributed by atoms with van der Waals surface area (Å²) in [7, 11) is 0. The number of rotatable bonds is 4. The third-order valence-electron chi connectivity index (χ3n) is 1.89. The SMILES string of the molecule is CC(C)CC(Cl)Cc1ncncc1Br. The van der Waals surface area contributed by atoms with Crippen molar-refractivity contribution in [2.24, 2.45) is 5.92 Å². The van der Waals surface area contributed by atoms with Gasteiger partial charge >= 0.3 is 0 Å². The van der Waals surface area contributed by atoms with Gasteiger partial charge in [-0.05, 0) is 28.3 Å². The Morgan fingerprint density at radius 3 is 2.79 bits per heavy atom. The molecule has 14 heavy (non-hydrogen) atoms. The van der Waals surface area contributed by atoms with Gasteiger partial charge in [0.05, 0.1) is 10.2 Å². The Morgan fingerprint density at radius 2 is 2.21 bits per heavy atom. The van der Waals surface area contributed by atoms with Crippen LogP contribution in [0.25, 0.3) is 0 Å². The molecule has 0 fully saturated rings. The first kappa shape index (κ1) is 11.9. The van der Waals surface area contributed by atoms with E-state index in [-0.39, 0.29) is 5.38 Å². The van der Waals surface area contributed by atoms with Crippen LogP contribution < -0.4 is 0 Å². The van der Waals surface area contributed by atoms with E-state index in [1.807, 2.05) is 0 Å². The predicted molar refractivity (Wildman–Crippen MR) is 62.5 cm³/mol. The smallest absolute Gasteiger partial charge is 0.115 e. The molecule has 0 saturated heterocycles. The summed E-state index contributed by atoms with van der Waals surface area (Å²) in [6.07, 6.45) is 5.11. The zero-order valence-electron chi connectivity index (χ0n) is 8.37. The number of alkyl halides is 1. The molecule has 1 heterocycles. The van der Waals surface area contributed by atoms with E-state index >= 15 is 0 Å². The van der Waals surface area contributed by atoms with E-state index in [4.69, 9.17) is 11.6 Å². The summed E-state index contributed by atoms with van der Waals surface area (Å²) in [6.45, 7) is 4.34. The Balaban J connectivity index is 2.56. The molecule has 1 rings (SSSR count). The molecule has 0 aliphatic rings. The maximum absolute atomic E-state index is 6.20. The summed E-state index contributed by atoms with van der Waals surface area (Å²) in [5.74, 6) is 0.623. The Labute approximate surface area is 98.2 Å². The van der Waals surface area contributed by atoms with Gasteiger partial charge in [0.15, 0.2) is 0 Å². The fraction of sp³-hybridized carbons (Fsp3) is 0.600. The van der Waals surface area contributed by atoms with Crippen molar-refractivity contribution in [3.05, 3.63) is 22.7 Å². The lowest BCUT2D eigenvalue weighted by Gasteiger charge is -2.11. The minimum absolute atomic E-state index is 0.154. The van der Waals surface area contributed by atoms with E-state index in [0.717, 1.165) is 23.0 Å². The molecule has 1 aromatic rings. The summed E-state index contributed by atoms with van der Waals surface area (Å²) < 4.78 is 0.939.